The highest BCUT2D eigenvalue weighted by Crippen LogP contribution is 2.34. The summed E-state index contributed by atoms with van der Waals surface area (Å²) in [5.41, 5.74) is 7.28. The van der Waals surface area contributed by atoms with E-state index >= 15 is 0 Å². The molecular weight excluding hydrogens is 586 g/mol. The number of ether oxygens (including phenoxy) is 2. The Labute approximate surface area is 246 Å². The fraction of sp³-hybridized carbons (Fsp3) is 0.286. The Balaban J connectivity index is 1.97. The number of hydrogen-bond donors (Lipinski definition) is 4. The van der Waals surface area contributed by atoms with Crippen molar-refractivity contribution in [2.24, 2.45) is 10.9 Å². The van der Waals surface area contributed by atoms with Crippen molar-refractivity contribution in [1.29, 1.82) is 0 Å². The second kappa shape index (κ2) is 14.7. The lowest BCUT2D eigenvalue weighted by molar-refractivity contribution is -0.146. The molecule has 0 amide bonds. The van der Waals surface area contributed by atoms with Gasteiger partial charge in [0, 0.05) is 23.9 Å². The number of phenols is 1. The summed E-state index contributed by atoms with van der Waals surface area (Å²) in [6.45, 7) is 1.70. The van der Waals surface area contributed by atoms with E-state index in [-0.39, 0.29) is 53.1 Å². The number of esters is 1. The number of rotatable bonds is 14. The third-order valence-electron chi connectivity index (χ3n) is 6.19. The highest BCUT2D eigenvalue weighted by atomic mass is 32.2. The number of oxime groups is 1. The number of anilines is 1. The molecule has 0 aliphatic carbocycles. The van der Waals surface area contributed by atoms with E-state index in [2.05, 4.69) is 5.16 Å². The van der Waals surface area contributed by atoms with Gasteiger partial charge in [-0.25, -0.2) is 17.4 Å². The molecule has 3 aromatic carbocycles. The van der Waals surface area contributed by atoms with Crippen LogP contribution in [-0.2, 0) is 37.1 Å². The van der Waals surface area contributed by atoms with Gasteiger partial charge in [-0.2, -0.15) is 0 Å². The first-order valence-corrected chi connectivity index (χ1v) is 15.8. The Morgan fingerprint density at radius 2 is 1.86 bits per heavy atom. The number of hydrogen-bond acceptors (Lipinski definition) is 9. The number of amidine groups is 1. The van der Waals surface area contributed by atoms with Crippen LogP contribution < -0.4 is 14.8 Å². The minimum atomic E-state index is -3.56. The van der Waals surface area contributed by atoms with Gasteiger partial charge in [-0.3, -0.25) is 8.86 Å². The van der Waals surface area contributed by atoms with E-state index in [0.717, 1.165) is 17.0 Å². The summed E-state index contributed by atoms with van der Waals surface area (Å²) in [5, 5.41) is 22.3. The molecule has 0 saturated carbocycles. The molecule has 0 radical (unpaired) electrons. The first-order chi connectivity index (χ1) is 20.0. The molecule has 0 aromatic heterocycles. The van der Waals surface area contributed by atoms with Crippen LogP contribution in [0, 0.1) is 0 Å². The van der Waals surface area contributed by atoms with Gasteiger partial charge in [-0.1, -0.05) is 48.8 Å². The van der Waals surface area contributed by atoms with Gasteiger partial charge >= 0.3 is 5.97 Å². The summed E-state index contributed by atoms with van der Waals surface area (Å²) in [6.07, 6.45) is 2.76. The van der Waals surface area contributed by atoms with E-state index in [0.29, 0.717) is 23.1 Å². The molecule has 12 nitrogen and oxygen atoms in total. The molecule has 1 unspecified atom stereocenters. The van der Waals surface area contributed by atoms with E-state index in [1.165, 1.54) is 24.3 Å². The lowest BCUT2D eigenvalue weighted by atomic mass is 10.0. The highest BCUT2D eigenvalue weighted by molar-refractivity contribution is 7.90. The maximum Gasteiger partial charge on any atom is 0.344 e. The Bertz CT molecular complexity index is 1580. The average Bonchev–Trinajstić information content (AvgIpc) is 2.96. The highest BCUT2D eigenvalue weighted by Gasteiger charge is 2.21. The summed E-state index contributed by atoms with van der Waals surface area (Å²) in [6, 6.07) is 15.3. The van der Waals surface area contributed by atoms with Gasteiger partial charge in [0.05, 0.1) is 17.2 Å². The van der Waals surface area contributed by atoms with Crippen molar-refractivity contribution in [3.63, 3.8) is 0 Å². The predicted octanol–water partition coefficient (Wildman–Crippen LogP) is 3.47. The number of carbonyl (C=O) groups is 1. The van der Waals surface area contributed by atoms with Gasteiger partial charge in [-0.15, -0.1) is 0 Å². The average molecular weight is 620 g/mol. The number of sulfone groups is 1. The fourth-order valence-electron chi connectivity index (χ4n) is 4.05. The van der Waals surface area contributed by atoms with Crippen LogP contribution in [0.5, 0.6) is 11.5 Å². The molecule has 0 aliphatic heterocycles. The van der Waals surface area contributed by atoms with Crippen molar-refractivity contribution in [1.82, 2.24) is 0 Å². The first-order valence-electron chi connectivity index (χ1n) is 12.9. The zero-order chi connectivity index (χ0) is 30.9. The summed E-state index contributed by atoms with van der Waals surface area (Å²) in [7, 11) is -3.56. The number of benzene rings is 3. The summed E-state index contributed by atoms with van der Waals surface area (Å²) in [4.78, 5) is 12.4. The van der Waals surface area contributed by atoms with Gasteiger partial charge in [0.1, 0.15) is 11.5 Å². The molecule has 14 heteroatoms. The fourth-order valence-corrected chi connectivity index (χ4v) is 5.52. The molecule has 0 saturated heterocycles. The quantitative estimate of drug-likeness (QED) is 0.0395. The van der Waals surface area contributed by atoms with E-state index in [9.17, 15) is 27.1 Å². The maximum absolute atomic E-state index is 12.4. The monoisotopic (exact) mass is 619 g/mol. The largest absolute Gasteiger partial charge is 0.506 e. The topological polar surface area (TPSA) is 189 Å². The SMILES string of the molecule is CCCCOC(=O)COc1cc(-c2ccccc2S(C)(=O)=O)ccc1CCN(c1cc(C(N)=NO)ccc1O)S(=O)O. The Morgan fingerprint density at radius 1 is 1.12 bits per heavy atom. The van der Waals surface area contributed by atoms with Crippen molar-refractivity contribution in [3.8, 4) is 22.6 Å². The molecule has 42 heavy (non-hydrogen) atoms. The van der Waals surface area contributed by atoms with Crippen LogP contribution in [0.4, 0.5) is 5.69 Å². The molecule has 3 rings (SSSR count). The maximum atomic E-state index is 12.4. The molecule has 0 bridgehead atoms. The lowest BCUT2D eigenvalue weighted by Gasteiger charge is -2.22. The normalized spacial score (nSPS) is 12.5. The van der Waals surface area contributed by atoms with Crippen molar-refractivity contribution in [2.75, 3.05) is 30.3 Å². The number of aromatic hydroxyl groups is 1. The standard InChI is InChI=1S/C28H33N3O9S2/c1-3-4-15-39-27(33)18-40-25-17-20(22-7-5-6-8-26(22)42(2,37)38)10-9-19(25)13-14-31(41(35)36)23-16-21(28(29)30-34)11-12-24(23)32/h5-12,16-17,32,34H,3-4,13-15,18H2,1-2H3,(H2,29,30)(H,35,36). The zero-order valence-electron chi connectivity index (χ0n) is 23.1. The molecule has 226 valence electrons. The van der Waals surface area contributed by atoms with Crippen molar-refractivity contribution < 1.29 is 41.8 Å². The molecule has 1 atom stereocenters. The number of phenolic OH excluding ortho intramolecular Hbond substituents is 1. The van der Waals surface area contributed by atoms with E-state index in [1.54, 1.807) is 36.4 Å². The molecule has 0 fully saturated rings. The summed E-state index contributed by atoms with van der Waals surface area (Å²) >= 11 is -2.58. The second-order valence-electron chi connectivity index (χ2n) is 9.23. The number of nitrogens with two attached hydrogens (primary N) is 1. The number of carbonyl (C=O) groups excluding carboxylic acids is 1. The van der Waals surface area contributed by atoms with Gasteiger partial charge in [0.25, 0.3) is 11.3 Å². The van der Waals surface area contributed by atoms with Crippen LogP contribution in [0.25, 0.3) is 11.1 Å². The Kier molecular flexibility index (Phi) is 11.3. The number of nitrogens with zero attached hydrogens (tertiary/aromatic N) is 2. The molecule has 0 aliphatic rings. The second-order valence-corrected chi connectivity index (χ2v) is 12.1. The predicted molar refractivity (Wildman–Crippen MR) is 159 cm³/mol. The minimum Gasteiger partial charge on any atom is -0.506 e. The van der Waals surface area contributed by atoms with E-state index < -0.39 is 33.7 Å². The molecular formula is C28H33N3O9S2. The van der Waals surface area contributed by atoms with Crippen molar-refractivity contribution in [3.05, 3.63) is 71.8 Å². The summed E-state index contributed by atoms with van der Waals surface area (Å²) < 4.78 is 59.1. The van der Waals surface area contributed by atoms with Crippen molar-refractivity contribution in [2.45, 2.75) is 31.1 Å². The summed E-state index contributed by atoms with van der Waals surface area (Å²) in [5.74, 6) is -0.918. The van der Waals surface area contributed by atoms with Crippen LogP contribution in [0.1, 0.15) is 30.9 Å². The van der Waals surface area contributed by atoms with E-state index in [1.807, 2.05) is 6.92 Å². The Hall–Kier alpha value is -4.14. The number of unbranched alkanes of at least 4 members (excludes halogenated alkanes) is 1. The van der Waals surface area contributed by atoms with Crippen LogP contribution in [-0.4, -0.2) is 65.3 Å². The smallest absolute Gasteiger partial charge is 0.344 e. The minimum absolute atomic E-state index is 0.0411. The lowest BCUT2D eigenvalue weighted by Crippen LogP contribution is -2.28. The third-order valence-corrected chi connectivity index (χ3v) is 8.10. The molecule has 3 aromatic rings. The molecule has 5 N–H and O–H groups in total. The Morgan fingerprint density at radius 3 is 2.52 bits per heavy atom. The van der Waals surface area contributed by atoms with Gasteiger partial charge in [-0.05, 0) is 54.3 Å². The van der Waals surface area contributed by atoms with Gasteiger partial charge in [0.2, 0.25) is 0 Å². The van der Waals surface area contributed by atoms with Gasteiger partial charge in [0.15, 0.2) is 22.3 Å². The third kappa shape index (κ3) is 8.44. The van der Waals surface area contributed by atoms with Crippen LogP contribution >= 0.6 is 0 Å². The van der Waals surface area contributed by atoms with E-state index in [4.69, 9.17) is 20.4 Å². The van der Waals surface area contributed by atoms with Crippen molar-refractivity contribution >= 4 is 38.6 Å². The van der Waals surface area contributed by atoms with Crippen LogP contribution in [0.2, 0.25) is 0 Å². The van der Waals surface area contributed by atoms with Crippen LogP contribution in [0.15, 0.2) is 70.7 Å². The van der Waals surface area contributed by atoms with Crippen LogP contribution in [0.3, 0.4) is 0 Å². The molecule has 0 spiro atoms. The first kappa shape index (κ1) is 32.4. The molecule has 0 heterocycles. The van der Waals surface area contributed by atoms with Gasteiger partial charge < -0.3 is 25.5 Å². The zero-order valence-corrected chi connectivity index (χ0v) is 24.7.